The first-order chi connectivity index (χ1) is 12.7. The predicted octanol–water partition coefficient (Wildman–Crippen LogP) is 3.95. The Labute approximate surface area is 162 Å². The summed E-state index contributed by atoms with van der Waals surface area (Å²) in [5, 5.41) is 4.33. The number of hydrogen-bond donors (Lipinski definition) is 1. The van der Waals surface area contributed by atoms with Crippen LogP contribution in [0.15, 0.2) is 66.7 Å². The van der Waals surface area contributed by atoms with Gasteiger partial charge in [0.25, 0.3) is 0 Å². The first-order valence-corrected chi connectivity index (χ1v) is 9.67. The lowest BCUT2D eigenvalue weighted by atomic mass is 10.1. The minimum absolute atomic E-state index is 0.232. The Morgan fingerprint density at radius 3 is 2.27 bits per heavy atom. The van der Waals surface area contributed by atoms with E-state index in [9.17, 15) is 0 Å². The van der Waals surface area contributed by atoms with E-state index in [-0.39, 0.29) is 6.04 Å². The fraction of sp³-hybridized carbons (Fsp3) is 0.318. The highest BCUT2D eigenvalue weighted by atomic mass is 32.1. The van der Waals surface area contributed by atoms with Gasteiger partial charge in [0.2, 0.25) is 0 Å². The van der Waals surface area contributed by atoms with Gasteiger partial charge in [-0.2, -0.15) is 0 Å². The first kappa shape index (κ1) is 18.6. The van der Waals surface area contributed by atoms with E-state index in [4.69, 9.17) is 12.2 Å². The van der Waals surface area contributed by atoms with Gasteiger partial charge >= 0.3 is 0 Å². The van der Waals surface area contributed by atoms with Crippen molar-refractivity contribution >= 4 is 23.4 Å². The van der Waals surface area contributed by atoms with Gasteiger partial charge in [0, 0.05) is 32.7 Å². The second-order valence-electron chi connectivity index (χ2n) is 6.68. The Hall–Kier alpha value is -2.17. The molecule has 0 aliphatic carbocycles. The van der Waals surface area contributed by atoms with Crippen molar-refractivity contribution in [3.63, 3.8) is 0 Å². The number of benzene rings is 2. The van der Waals surface area contributed by atoms with E-state index < -0.39 is 0 Å². The van der Waals surface area contributed by atoms with Gasteiger partial charge in [-0.05, 0) is 30.3 Å². The van der Waals surface area contributed by atoms with Gasteiger partial charge < -0.3 is 10.2 Å². The van der Waals surface area contributed by atoms with Gasteiger partial charge in [0.05, 0.1) is 6.04 Å². The van der Waals surface area contributed by atoms with Gasteiger partial charge in [-0.3, -0.25) is 4.90 Å². The summed E-state index contributed by atoms with van der Waals surface area (Å²) in [4.78, 5) is 4.76. The zero-order valence-electron chi connectivity index (χ0n) is 15.3. The molecular formula is C22H27N3S. The fourth-order valence-corrected chi connectivity index (χ4v) is 3.50. The number of nitrogens with one attached hydrogen (secondary N) is 1. The topological polar surface area (TPSA) is 18.5 Å². The van der Waals surface area contributed by atoms with Crippen LogP contribution in [0.4, 0.5) is 0 Å². The van der Waals surface area contributed by atoms with Crippen molar-refractivity contribution in [1.29, 1.82) is 0 Å². The minimum Gasteiger partial charge on any atom is -0.356 e. The summed E-state index contributed by atoms with van der Waals surface area (Å²) < 4.78 is 0. The van der Waals surface area contributed by atoms with Gasteiger partial charge in [-0.1, -0.05) is 72.8 Å². The van der Waals surface area contributed by atoms with Crippen molar-refractivity contribution in [1.82, 2.24) is 15.1 Å². The fourth-order valence-electron chi connectivity index (χ4n) is 3.14. The van der Waals surface area contributed by atoms with Crippen LogP contribution >= 0.6 is 12.2 Å². The SMILES string of the molecule is CC(NC(=S)N1CCN(C/C=C/c2ccccc2)CC1)c1ccccc1. The van der Waals surface area contributed by atoms with E-state index >= 15 is 0 Å². The minimum atomic E-state index is 0.232. The second-order valence-corrected chi connectivity index (χ2v) is 7.07. The van der Waals surface area contributed by atoms with E-state index in [1.54, 1.807) is 0 Å². The van der Waals surface area contributed by atoms with Gasteiger partial charge in [-0.25, -0.2) is 0 Å². The summed E-state index contributed by atoms with van der Waals surface area (Å²) in [5.74, 6) is 0. The molecule has 2 aromatic carbocycles. The highest BCUT2D eigenvalue weighted by Gasteiger charge is 2.19. The lowest BCUT2D eigenvalue weighted by Crippen LogP contribution is -2.51. The van der Waals surface area contributed by atoms with Crippen molar-refractivity contribution in [2.45, 2.75) is 13.0 Å². The standard InChI is InChI=1S/C22H27N3S/c1-19(21-12-6-3-7-13-21)23-22(26)25-17-15-24(16-18-25)14-8-11-20-9-4-2-5-10-20/h2-13,19H,14-18H2,1H3,(H,23,26)/b11-8+. The van der Waals surface area contributed by atoms with Crippen LogP contribution < -0.4 is 5.32 Å². The average Bonchev–Trinajstić information content (AvgIpc) is 2.70. The normalized spacial score (nSPS) is 16.6. The molecule has 0 saturated carbocycles. The first-order valence-electron chi connectivity index (χ1n) is 9.27. The molecule has 4 heteroatoms. The molecule has 2 aromatic rings. The van der Waals surface area contributed by atoms with E-state index in [0.29, 0.717) is 0 Å². The Morgan fingerprint density at radius 2 is 1.62 bits per heavy atom. The van der Waals surface area contributed by atoms with Crippen molar-refractivity contribution in [3.8, 4) is 0 Å². The Morgan fingerprint density at radius 1 is 1.00 bits per heavy atom. The Balaban J connectivity index is 1.41. The maximum atomic E-state index is 5.62. The summed E-state index contributed by atoms with van der Waals surface area (Å²) in [6.45, 7) is 7.19. The van der Waals surface area contributed by atoms with Crippen molar-refractivity contribution < 1.29 is 0 Å². The highest BCUT2D eigenvalue weighted by molar-refractivity contribution is 7.80. The van der Waals surface area contributed by atoms with Crippen LogP contribution in [0.25, 0.3) is 6.08 Å². The quantitative estimate of drug-likeness (QED) is 0.808. The largest absolute Gasteiger partial charge is 0.356 e. The lowest BCUT2D eigenvalue weighted by Gasteiger charge is -2.36. The van der Waals surface area contributed by atoms with Crippen LogP contribution in [0.2, 0.25) is 0 Å². The van der Waals surface area contributed by atoms with Crippen LogP contribution in [0.1, 0.15) is 24.1 Å². The molecule has 1 unspecified atom stereocenters. The van der Waals surface area contributed by atoms with Crippen LogP contribution in [-0.4, -0.2) is 47.6 Å². The van der Waals surface area contributed by atoms with Gasteiger partial charge in [-0.15, -0.1) is 0 Å². The Bertz CT molecular complexity index is 707. The zero-order chi connectivity index (χ0) is 18.2. The third-order valence-electron chi connectivity index (χ3n) is 4.77. The van der Waals surface area contributed by atoms with Gasteiger partial charge in [0.1, 0.15) is 0 Å². The third-order valence-corrected chi connectivity index (χ3v) is 5.15. The lowest BCUT2D eigenvalue weighted by molar-refractivity contribution is 0.196. The molecule has 0 spiro atoms. The summed E-state index contributed by atoms with van der Waals surface area (Å²) in [5.41, 5.74) is 2.52. The van der Waals surface area contributed by atoms with Crippen molar-refractivity contribution in [2.24, 2.45) is 0 Å². The number of piperazine rings is 1. The molecule has 1 aliphatic heterocycles. The van der Waals surface area contributed by atoms with Crippen LogP contribution in [0, 0.1) is 0 Å². The molecule has 3 rings (SSSR count). The molecule has 0 amide bonds. The summed E-state index contributed by atoms with van der Waals surface area (Å²) in [6, 6.07) is 21.1. The Kier molecular flexibility index (Phi) is 6.81. The molecular weight excluding hydrogens is 338 g/mol. The highest BCUT2D eigenvalue weighted by Crippen LogP contribution is 2.12. The summed E-state index contributed by atoms with van der Waals surface area (Å²) in [7, 11) is 0. The molecule has 3 nitrogen and oxygen atoms in total. The van der Waals surface area contributed by atoms with E-state index in [0.717, 1.165) is 37.8 Å². The molecule has 26 heavy (non-hydrogen) atoms. The molecule has 1 fully saturated rings. The number of rotatable bonds is 5. The number of hydrogen-bond acceptors (Lipinski definition) is 2. The smallest absolute Gasteiger partial charge is 0.169 e. The molecule has 0 aromatic heterocycles. The number of thiocarbonyl (C=S) groups is 1. The molecule has 1 N–H and O–H groups in total. The third kappa shape index (κ3) is 5.41. The summed E-state index contributed by atoms with van der Waals surface area (Å²) >= 11 is 5.62. The molecule has 1 saturated heterocycles. The molecule has 0 bridgehead atoms. The maximum Gasteiger partial charge on any atom is 0.169 e. The van der Waals surface area contributed by atoms with Crippen molar-refractivity contribution in [2.75, 3.05) is 32.7 Å². The summed E-state index contributed by atoms with van der Waals surface area (Å²) in [6.07, 6.45) is 4.44. The van der Waals surface area contributed by atoms with Gasteiger partial charge in [0.15, 0.2) is 5.11 Å². The average molecular weight is 366 g/mol. The molecule has 136 valence electrons. The van der Waals surface area contributed by atoms with E-state index in [1.807, 2.05) is 12.1 Å². The second kappa shape index (κ2) is 9.51. The maximum absolute atomic E-state index is 5.62. The molecule has 1 atom stereocenters. The van der Waals surface area contributed by atoms with Crippen molar-refractivity contribution in [3.05, 3.63) is 77.9 Å². The molecule has 1 aliphatic rings. The zero-order valence-corrected chi connectivity index (χ0v) is 16.2. The van der Waals surface area contributed by atoms with Crippen LogP contribution in [-0.2, 0) is 0 Å². The van der Waals surface area contributed by atoms with E-state index in [2.05, 4.69) is 82.7 Å². The predicted molar refractivity (Wildman–Crippen MR) is 114 cm³/mol. The van der Waals surface area contributed by atoms with E-state index in [1.165, 1.54) is 11.1 Å². The molecule has 1 heterocycles. The monoisotopic (exact) mass is 365 g/mol. The van der Waals surface area contributed by atoms with Crippen LogP contribution in [0.3, 0.4) is 0 Å². The van der Waals surface area contributed by atoms with Crippen LogP contribution in [0.5, 0.6) is 0 Å². The molecule has 0 radical (unpaired) electrons. The number of nitrogens with zero attached hydrogens (tertiary/aromatic N) is 2.